The van der Waals surface area contributed by atoms with Crippen LogP contribution in [0.5, 0.6) is 5.75 Å². The maximum Gasteiger partial charge on any atom is 0.262 e. The summed E-state index contributed by atoms with van der Waals surface area (Å²) in [5.74, 6) is -3.60. The van der Waals surface area contributed by atoms with Crippen LogP contribution in [0.4, 0.5) is 18.9 Å². The van der Waals surface area contributed by atoms with Crippen LogP contribution in [0.3, 0.4) is 0 Å². The molecule has 2 aromatic carbocycles. The van der Waals surface area contributed by atoms with Crippen LogP contribution in [0.2, 0.25) is 0 Å². The van der Waals surface area contributed by atoms with Crippen molar-refractivity contribution in [2.24, 2.45) is 0 Å². The minimum atomic E-state index is -0.917. The third kappa shape index (κ3) is 3.22. The SMILES string of the molecule is C[C@H]1CC(=O)c2c(OCC(=O)Nc3c(F)cccc3F)ccc(F)c21. The van der Waals surface area contributed by atoms with Crippen molar-refractivity contribution in [2.45, 2.75) is 19.3 Å². The lowest BCUT2D eigenvalue weighted by Gasteiger charge is -2.12. The Morgan fingerprint density at radius 2 is 1.84 bits per heavy atom. The van der Waals surface area contributed by atoms with Crippen molar-refractivity contribution < 1.29 is 27.5 Å². The highest BCUT2D eigenvalue weighted by atomic mass is 19.1. The Morgan fingerprint density at radius 3 is 2.52 bits per heavy atom. The zero-order valence-corrected chi connectivity index (χ0v) is 13.2. The van der Waals surface area contributed by atoms with E-state index in [9.17, 15) is 22.8 Å². The Balaban J connectivity index is 1.75. The molecule has 0 spiro atoms. The third-order valence-corrected chi connectivity index (χ3v) is 4.00. The summed E-state index contributed by atoms with van der Waals surface area (Å²) >= 11 is 0. The maximum absolute atomic E-state index is 13.9. The number of carbonyl (C=O) groups excluding carboxylic acids is 2. The van der Waals surface area contributed by atoms with Gasteiger partial charge in [-0.1, -0.05) is 13.0 Å². The first-order valence-electron chi connectivity index (χ1n) is 7.60. The normalized spacial score (nSPS) is 15.8. The summed E-state index contributed by atoms with van der Waals surface area (Å²) in [6, 6.07) is 5.61. The van der Waals surface area contributed by atoms with Gasteiger partial charge in [-0.3, -0.25) is 9.59 Å². The second-order valence-corrected chi connectivity index (χ2v) is 5.80. The van der Waals surface area contributed by atoms with Crippen LogP contribution in [0.1, 0.15) is 35.2 Å². The lowest BCUT2D eigenvalue weighted by molar-refractivity contribution is -0.118. The number of hydrogen-bond acceptors (Lipinski definition) is 3. The highest BCUT2D eigenvalue weighted by molar-refractivity contribution is 6.04. The number of benzene rings is 2. The number of ether oxygens (including phenoxy) is 1. The van der Waals surface area contributed by atoms with Crippen LogP contribution >= 0.6 is 0 Å². The first kappa shape index (κ1) is 17.0. The number of anilines is 1. The molecule has 0 saturated carbocycles. The number of halogens is 3. The van der Waals surface area contributed by atoms with Crippen LogP contribution in [0.15, 0.2) is 30.3 Å². The Labute approximate surface area is 141 Å². The van der Waals surface area contributed by atoms with Crippen molar-refractivity contribution in [3.63, 3.8) is 0 Å². The van der Waals surface area contributed by atoms with Crippen LogP contribution < -0.4 is 10.1 Å². The highest BCUT2D eigenvalue weighted by Crippen LogP contribution is 2.39. The van der Waals surface area contributed by atoms with Gasteiger partial charge in [0.2, 0.25) is 0 Å². The van der Waals surface area contributed by atoms with Crippen molar-refractivity contribution >= 4 is 17.4 Å². The van der Waals surface area contributed by atoms with Crippen molar-refractivity contribution in [2.75, 3.05) is 11.9 Å². The van der Waals surface area contributed by atoms with E-state index in [0.29, 0.717) is 0 Å². The van der Waals surface area contributed by atoms with Gasteiger partial charge in [-0.05, 0) is 30.2 Å². The van der Waals surface area contributed by atoms with E-state index >= 15 is 0 Å². The molecule has 0 aromatic heterocycles. The molecule has 1 atom stereocenters. The van der Waals surface area contributed by atoms with Gasteiger partial charge in [-0.2, -0.15) is 0 Å². The number of ketones is 1. The molecule has 2 aromatic rings. The number of carbonyl (C=O) groups is 2. The van der Waals surface area contributed by atoms with Gasteiger partial charge in [-0.25, -0.2) is 13.2 Å². The summed E-state index contributed by atoms with van der Waals surface area (Å²) in [4.78, 5) is 23.9. The lowest BCUT2D eigenvalue weighted by atomic mass is 10.0. The Hall–Kier alpha value is -2.83. The number of rotatable bonds is 4. The molecule has 1 N–H and O–H groups in total. The summed E-state index contributed by atoms with van der Waals surface area (Å²) in [6.07, 6.45) is 0.166. The molecule has 0 fully saturated rings. The van der Waals surface area contributed by atoms with Gasteiger partial charge in [0.25, 0.3) is 5.91 Å². The molecule has 0 aliphatic heterocycles. The second-order valence-electron chi connectivity index (χ2n) is 5.80. The van der Waals surface area contributed by atoms with E-state index in [1.54, 1.807) is 6.92 Å². The monoisotopic (exact) mass is 349 g/mol. The summed E-state index contributed by atoms with van der Waals surface area (Å²) < 4.78 is 46.2. The van der Waals surface area contributed by atoms with E-state index in [4.69, 9.17) is 4.74 Å². The largest absolute Gasteiger partial charge is 0.483 e. The molecule has 25 heavy (non-hydrogen) atoms. The van der Waals surface area contributed by atoms with Gasteiger partial charge < -0.3 is 10.1 Å². The molecule has 0 unspecified atom stereocenters. The fourth-order valence-electron chi connectivity index (χ4n) is 2.88. The molecule has 4 nitrogen and oxygen atoms in total. The van der Waals surface area contributed by atoms with Crippen LogP contribution in [-0.4, -0.2) is 18.3 Å². The van der Waals surface area contributed by atoms with Gasteiger partial charge >= 0.3 is 0 Å². The third-order valence-electron chi connectivity index (χ3n) is 4.00. The average Bonchev–Trinajstić information content (AvgIpc) is 2.86. The van der Waals surface area contributed by atoms with E-state index < -0.39 is 35.7 Å². The van der Waals surface area contributed by atoms with E-state index in [1.165, 1.54) is 12.1 Å². The first-order valence-corrected chi connectivity index (χ1v) is 7.60. The Morgan fingerprint density at radius 1 is 1.16 bits per heavy atom. The van der Waals surface area contributed by atoms with Crippen LogP contribution in [-0.2, 0) is 4.79 Å². The standard InChI is InChI=1S/C18H14F3NO3/c1-9-7-13(23)17-14(6-5-10(19)16(9)17)25-8-15(24)22-18-11(20)3-2-4-12(18)21/h2-6,9H,7-8H2,1H3,(H,22,24)/t9-/m0/s1. The second kappa shape index (κ2) is 6.58. The molecule has 1 aliphatic rings. The van der Waals surface area contributed by atoms with Gasteiger partial charge in [0.1, 0.15) is 28.9 Å². The number of Topliss-reactive ketones (excluding diaryl/α,β-unsaturated/α-hetero) is 1. The maximum atomic E-state index is 13.9. The van der Waals surface area contributed by atoms with Crippen molar-refractivity contribution in [1.82, 2.24) is 0 Å². The zero-order chi connectivity index (χ0) is 18.1. The topological polar surface area (TPSA) is 55.4 Å². The van der Waals surface area contributed by atoms with Gasteiger partial charge in [0.15, 0.2) is 12.4 Å². The van der Waals surface area contributed by atoms with Gasteiger partial charge in [-0.15, -0.1) is 0 Å². The number of amides is 1. The molecule has 7 heteroatoms. The van der Waals surface area contributed by atoms with Gasteiger partial charge in [0, 0.05) is 12.0 Å². The molecule has 1 amide bonds. The van der Waals surface area contributed by atoms with E-state index in [1.807, 2.05) is 0 Å². The molecule has 0 bridgehead atoms. The number of hydrogen-bond donors (Lipinski definition) is 1. The quantitative estimate of drug-likeness (QED) is 0.913. The molecular weight excluding hydrogens is 335 g/mol. The van der Waals surface area contributed by atoms with E-state index in [-0.39, 0.29) is 35.0 Å². The molecule has 0 heterocycles. The molecule has 3 rings (SSSR count). The number of fused-ring (bicyclic) bond motifs is 1. The van der Waals surface area contributed by atoms with Crippen molar-refractivity contribution in [1.29, 1.82) is 0 Å². The number of para-hydroxylation sites is 1. The molecule has 0 saturated heterocycles. The summed E-state index contributed by atoms with van der Waals surface area (Å²) in [5.41, 5.74) is -0.189. The minimum Gasteiger partial charge on any atom is -0.483 e. The Bertz CT molecular complexity index is 847. The zero-order valence-electron chi connectivity index (χ0n) is 13.2. The minimum absolute atomic E-state index is 0.0786. The summed E-state index contributed by atoms with van der Waals surface area (Å²) in [6.45, 7) is 1.15. The van der Waals surface area contributed by atoms with E-state index in [2.05, 4.69) is 5.32 Å². The molecular formula is C18H14F3NO3. The van der Waals surface area contributed by atoms with E-state index in [0.717, 1.165) is 18.2 Å². The van der Waals surface area contributed by atoms with Crippen LogP contribution in [0, 0.1) is 17.5 Å². The van der Waals surface area contributed by atoms with Crippen LogP contribution in [0.25, 0.3) is 0 Å². The average molecular weight is 349 g/mol. The van der Waals surface area contributed by atoms with Crippen molar-refractivity contribution in [3.8, 4) is 5.75 Å². The van der Waals surface area contributed by atoms with Crippen molar-refractivity contribution in [3.05, 3.63) is 58.9 Å². The fraction of sp³-hybridized carbons (Fsp3) is 0.222. The predicted octanol–water partition coefficient (Wildman–Crippen LogP) is 3.81. The highest BCUT2D eigenvalue weighted by Gasteiger charge is 2.32. The lowest BCUT2D eigenvalue weighted by Crippen LogP contribution is -2.22. The summed E-state index contributed by atoms with van der Waals surface area (Å²) in [5, 5.41) is 2.07. The Kier molecular flexibility index (Phi) is 4.48. The predicted molar refractivity (Wildman–Crippen MR) is 84.2 cm³/mol. The molecule has 130 valence electrons. The number of nitrogens with one attached hydrogen (secondary N) is 1. The summed E-state index contributed by atoms with van der Waals surface area (Å²) in [7, 11) is 0. The molecule has 0 radical (unpaired) electrons. The first-order chi connectivity index (χ1) is 11.9. The molecule has 1 aliphatic carbocycles. The smallest absolute Gasteiger partial charge is 0.262 e. The van der Waals surface area contributed by atoms with Gasteiger partial charge in [0.05, 0.1) is 5.56 Å². The fourth-order valence-corrected chi connectivity index (χ4v) is 2.88.